The number of hydrazine groups is 1. The van der Waals surface area contributed by atoms with Crippen LogP contribution in [0.2, 0.25) is 0 Å². The van der Waals surface area contributed by atoms with Gasteiger partial charge in [0.1, 0.15) is 0 Å². The number of hydrogen-bond acceptors (Lipinski definition) is 4. The molecule has 0 aliphatic rings. The minimum absolute atomic E-state index is 0.00945. The first-order chi connectivity index (χ1) is 10.6. The molecule has 1 heterocycles. The number of nitrogens with zero attached hydrogens (tertiary/aromatic N) is 3. The highest BCUT2D eigenvalue weighted by Crippen LogP contribution is 1.98. The van der Waals surface area contributed by atoms with Crippen molar-refractivity contribution in [2.75, 3.05) is 7.05 Å². The number of amides is 1. The third-order valence-electron chi connectivity index (χ3n) is 2.77. The summed E-state index contributed by atoms with van der Waals surface area (Å²) < 4.78 is 0.508. The fourth-order valence-electron chi connectivity index (χ4n) is 1.65. The van der Waals surface area contributed by atoms with Gasteiger partial charge in [-0.25, -0.2) is 4.98 Å². The van der Waals surface area contributed by atoms with E-state index in [0.717, 1.165) is 11.8 Å². The quantitative estimate of drug-likeness (QED) is 0.368. The molecule has 0 aliphatic heterocycles. The summed E-state index contributed by atoms with van der Waals surface area (Å²) >= 11 is 5.18. The van der Waals surface area contributed by atoms with Gasteiger partial charge in [-0.15, -0.1) is 0 Å². The van der Waals surface area contributed by atoms with Crippen LogP contribution in [0, 0.1) is 5.21 Å². The van der Waals surface area contributed by atoms with E-state index >= 15 is 0 Å². The van der Waals surface area contributed by atoms with E-state index in [9.17, 15) is 10.0 Å². The molecule has 1 aromatic heterocycles. The maximum Gasteiger partial charge on any atom is 0.294 e. The Hall–Kier alpha value is -2.74. The van der Waals surface area contributed by atoms with Crippen LogP contribution in [-0.2, 0) is 6.54 Å². The molecule has 0 saturated carbocycles. The molecular weight excluding hydrogens is 302 g/mol. The SMILES string of the molecule is CN(NC(=O)c1c[n+]([O-])ccn1)C(=S)NCc1ccccc1. The van der Waals surface area contributed by atoms with Gasteiger partial charge in [0.05, 0.1) is 6.20 Å². The minimum Gasteiger partial charge on any atom is -0.619 e. The van der Waals surface area contributed by atoms with Gasteiger partial charge >= 0.3 is 0 Å². The number of benzene rings is 1. The predicted octanol–water partition coefficient (Wildman–Crippen LogP) is 0.366. The van der Waals surface area contributed by atoms with Crippen LogP contribution in [0.4, 0.5) is 0 Å². The van der Waals surface area contributed by atoms with Crippen LogP contribution in [0.15, 0.2) is 48.9 Å². The molecule has 0 fully saturated rings. The molecule has 0 atom stereocenters. The average Bonchev–Trinajstić information content (AvgIpc) is 2.53. The van der Waals surface area contributed by atoms with E-state index in [1.165, 1.54) is 17.4 Å². The van der Waals surface area contributed by atoms with Gasteiger partial charge in [0.15, 0.2) is 17.0 Å². The molecular formula is C14H15N5O2S. The number of hydrogen-bond donors (Lipinski definition) is 2. The molecule has 0 spiro atoms. The molecule has 0 aliphatic carbocycles. The Morgan fingerprint density at radius 1 is 1.41 bits per heavy atom. The Balaban J connectivity index is 1.87. The van der Waals surface area contributed by atoms with Crippen LogP contribution in [-0.4, -0.2) is 28.1 Å². The first kappa shape index (κ1) is 15.6. The molecule has 1 aromatic carbocycles. The lowest BCUT2D eigenvalue weighted by Gasteiger charge is -2.21. The van der Waals surface area contributed by atoms with Crippen molar-refractivity contribution in [2.24, 2.45) is 0 Å². The summed E-state index contributed by atoms with van der Waals surface area (Å²) in [4.78, 5) is 15.8. The van der Waals surface area contributed by atoms with Crippen LogP contribution in [0.5, 0.6) is 0 Å². The molecule has 0 bridgehead atoms. The highest BCUT2D eigenvalue weighted by atomic mass is 32.1. The lowest BCUT2D eigenvalue weighted by atomic mass is 10.2. The zero-order valence-electron chi connectivity index (χ0n) is 11.9. The van der Waals surface area contributed by atoms with E-state index in [-0.39, 0.29) is 5.69 Å². The highest BCUT2D eigenvalue weighted by Gasteiger charge is 2.14. The molecule has 2 aromatic rings. The first-order valence-electron chi connectivity index (χ1n) is 6.47. The van der Waals surface area contributed by atoms with E-state index in [2.05, 4.69) is 15.7 Å². The maximum absolute atomic E-state index is 11.9. The normalized spacial score (nSPS) is 9.86. The lowest BCUT2D eigenvalue weighted by molar-refractivity contribution is -0.606. The zero-order chi connectivity index (χ0) is 15.9. The molecule has 7 nitrogen and oxygen atoms in total. The van der Waals surface area contributed by atoms with Crippen LogP contribution < -0.4 is 15.5 Å². The van der Waals surface area contributed by atoms with E-state index in [1.54, 1.807) is 7.05 Å². The number of nitrogens with one attached hydrogen (secondary N) is 2. The Bertz CT molecular complexity index is 665. The standard InChI is InChI=1S/C14H15N5O2S/c1-18(14(22)16-9-11-5-3-2-4-6-11)17-13(20)12-10-19(21)8-7-15-12/h2-8,10H,9H2,1H3,(H,16,22)(H,17,20). The molecule has 2 N–H and O–H groups in total. The van der Waals surface area contributed by atoms with Gasteiger partial charge in [-0.1, -0.05) is 30.3 Å². The van der Waals surface area contributed by atoms with Crippen LogP contribution >= 0.6 is 12.2 Å². The molecule has 114 valence electrons. The Morgan fingerprint density at radius 2 is 2.14 bits per heavy atom. The van der Waals surface area contributed by atoms with Gasteiger partial charge in [0.2, 0.25) is 6.20 Å². The number of aromatic nitrogens is 2. The number of carbonyl (C=O) groups excluding carboxylic acids is 1. The van der Waals surface area contributed by atoms with Gasteiger partial charge in [-0.2, -0.15) is 4.73 Å². The monoisotopic (exact) mass is 317 g/mol. The number of thiocarbonyl (C=S) groups is 1. The molecule has 0 radical (unpaired) electrons. The van der Waals surface area contributed by atoms with Gasteiger partial charge < -0.3 is 10.5 Å². The van der Waals surface area contributed by atoms with E-state index in [1.807, 2.05) is 30.3 Å². The summed E-state index contributed by atoms with van der Waals surface area (Å²) in [5.74, 6) is -0.517. The molecule has 0 saturated heterocycles. The van der Waals surface area contributed by atoms with Crippen LogP contribution in [0.1, 0.15) is 16.1 Å². The van der Waals surface area contributed by atoms with Crippen molar-refractivity contribution in [3.63, 3.8) is 0 Å². The molecule has 2 rings (SSSR count). The van der Waals surface area contributed by atoms with E-state index < -0.39 is 5.91 Å². The number of carbonyl (C=O) groups is 1. The smallest absolute Gasteiger partial charge is 0.294 e. The largest absolute Gasteiger partial charge is 0.619 e. The molecule has 8 heteroatoms. The van der Waals surface area contributed by atoms with Crippen molar-refractivity contribution in [1.82, 2.24) is 20.7 Å². The first-order valence-corrected chi connectivity index (χ1v) is 6.88. The molecule has 1 amide bonds. The van der Waals surface area contributed by atoms with Crippen molar-refractivity contribution in [1.29, 1.82) is 0 Å². The maximum atomic E-state index is 11.9. The summed E-state index contributed by atoms with van der Waals surface area (Å²) in [5, 5.41) is 15.9. The second-order valence-electron chi connectivity index (χ2n) is 4.45. The summed E-state index contributed by atoms with van der Waals surface area (Å²) in [6, 6.07) is 9.74. The predicted molar refractivity (Wildman–Crippen MR) is 84.3 cm³/mol. The molecule has 0 unspecified atom stereocenters. The average molecular weight is 317 g/mol. The zero-order valence-corrected chi connectivity index (χ0v) is 12.7. The summed E-state index contributed by atoms with van der Waals surface area (Å²) in [6.07, 6.45) is 3.55. The summed E-state index contributed by atoms with van der Waals surface area (Å²) in [6.45, 7) is 0.546. The Kier molecular flexibility index (Phi) is 5.21. The third-order valence-corrected chi connectivity index (χ3v) is 3.19. The Morgan fingerprint density at radius 3 is 2.82 bits per heavy atom. The van der Waals surface area contributed by atoms with E-state index in [4.69, 9.17) is 12.2 Å². The summed E-state index contributed by atoms with van der Waals surface area (Å²) in [5.41, 5.74) is 3.62. The third kappa shape index (κ3) is 4.38. The van der Waals surface area contributed by atoms with Crippen molar-refractivity contribution >= 4 is 23.2 Å². The highest BCUT2D eigenvalue weighted by molar-refractivity contribution is 7.80. The second-order valence-corrected chi connectivity index (χ2v) is 4.83. The van der Waals surface area contributed by atoms with Crippen LogP contribution in [0.3, 0.4) is 0 Å². The van der Waals surface area contributed by atoms with Gasteiger partial charge in [-0.3, -0.25) is 15.2 Å². The molecule has 22 heavy (non-hydrogen) atoms. The fraction of sp³-hybridized carbons (Fsp3) is 0.143. The Labute approximate surface area is 133 Å². The van der Waals surface area contributed by atoms with Crippen molar-refractivity contribution in [3.8, 4) is 0 Å². The second kappa shape index (κ2) is 7.32. The minimum atomic E-state index is -0.517. The van der Waals surface area contributed by atoms with Gasteiger partial charge in [0.25, 0.3) is 5.91 Å². The fourth-order valence-corrected chi connectivity index (χ4v) is 1.76. The lowest BCUT2D eigenvalue weighted by Crippen LogP contribution is -2.48. The van der Waals surface area contributed by atoms with Gasteiger partial charge in [0, 0.05) is 13.6 Å². The van der Waals surface area contributed by atoms with Crippen molar-refractivity contribution in [2.45, 2.75) is 6.54 Å². The number of rotatable bonds is 3. The van der Waals surface area contributed by atoms with Crippen molar-refractivity contribution < 1.29 is 9.52 Å². The summed E-state index contributed by atoms with van der Waals surface area (Å²) in [7, 11) is 1.60. The van der Waals surface area contributed by atoms with E-state index in [0.29, 0.717) is 16.4 Å². The van der Waals surface area contributed by atoms with Gasteiger partial charge in [-0.05, 0) is 17.8 Å². The van der Waals surface area contributed by atoms with Crippen LogP contribution in [0.25, 0.3) is 0 Å². The topological polar surface area (TPSA) is 84.2 Å². The van der Waals surface area contributed by atoms with Crippen molar-refractivity contribution in [3.05, 3.63) is 65.4 Å².